The molecule has 1 fully saturated rings. The predicted molar refractivity (Wildman–Crippen MR) is 67.2 cm³/mol. The van der Waals surface area contributed by atoms with Crippen molar-refractivity contribution in [1.82, 2.24) is 4.98 Å². The Morgan fingerprint density at radius 3 is 2.78 bits per heavy atom. The van der Waals surface area contributed by atoms with Crippen LogP contribution >= 0.6 is 0 Å². The van der Waals surface area contributed by atoms with Gasteiger partial charge in [0.2, 0.25) is 0 Å². The lowest BCUT2D eigenvalue weighted by Crippen LogP contribution is -2.18. The summed E-state index contributed by atoms with van der Waals surface area (Å²) in [6.45, 7) is 0. The van der Waals surface area contributed by atoms with Crippen LogP contribution < -0.4 is 0 Å². The van der Waals surface area contributed by atoms with Crippen LogP contribution in [0.2, 0.25) is 0 Å². The smallest absolute Gasteiger partial charge is 0.290 e. The third-order valence-electron chi connectivity index (χ3n) is 3.67. The van der Waals surface area contributed by atoms with Crippen molar-refractivity contribution in [3.05, 3.63) is 34.1 Å². The summed E-state index contributed by atoms with van der Waals surface area (Å²) in [5, 5.41) is 20.3. The van der Waals surface area contributed by atoms with Crippen LogP contribution in [0.25, 0.3) is 0 Å². The number of rotatable bonds is 4. The van der Waals surface area contributed by atoms with Gasteiger partial charge in [-0.15, -0.1) is 0 Å². The van der Waals surface area contributed by atoms with E-state index < -0.39 is 0 Å². The number of pyridine rings is 1. The quantitative estimate of drug-likeness (QED) is 0.658. The molecule has 0 spiro atoms. The van der Waals surface area contributed by atoms with Gasteiger partial charge < -0.3 is 5.11 Å². The van der Waals surface area contributed by atoms with Crippen LogP contribution in [0.4, 0.5) is 5.69 Å². The van der Waals surface area contributed by atoms with E-state index in [4.69, 9.17) is 0 Å². The van der Waals surface area contributed by atoms with Crippen molar-refractivity contribution < 1.29 is 10.0 Å². The van der Waals surface area contributed by atoms with Gasteiger partial charge in [0, 0.05) is 12.3 Å². The first-order valence-corrected chi connectivity index (χ1v) is 6.43. The van der Waals surface area contributed by atoms with Crippen LogP contribution in [0.5, 0.6) is 0 Å². The largest absolute Gasteiger partial charge is 0.393 e. The Kier molecular flexibility index (Phi) is 4.25. The molecule has 0 aromatic carbocycles. The minimum absolute atomic E-state index is 0.119. The highest BCUT2D eigenvalue weighted by Crippen LogP contribution is 2.28. The lowest BCUT2D eigenvalue weighted by atomic mass is 9.84. The van der Waals surface area contributed by atoms with E-state index >= 15 is 0 Å². The van der Waals surface area contributed by atoms with Gasteiger partial charge in [-0.2, -0.15) is 0 Å². The zero-order valence-corrected chi connectivity index (χ0v) is 10.3. The third kappa shape index (κ3) is 3.26. The van der Waals surface area contributed by atoms with E-state index in [1.54, 1.807) is 12.3 Å². The summed E-state index contributed by atoms with van der Waals surface area (Å²) in [6.07, 6.45) is 6.77. The van der Waals surface area contributed by atoms with E-state index in [0.717, 1.165) is 32.1 Å². The highest BCUT2D eigenvalue weighted by molar-refractivity contribution is 5.34. The molecule has 0 bridgehead atoms. The summed E-state index contributed by atoms with van der Waals surface area (Å²) in [4.78, 5) is 14.6. The molecule has 0 aliphatic heterocycles. The summed E-state index contributed by atoms with van der Waals surface area (Å²) in [7, 11) is 0. The normalized spacial score (nSPS) is 23.8. The monoisotopic (exact) mass is 250 g/mol. The molecule has 1 aliphatic rings. The molecule has 98 valence electrons. The molecule has 0 atom stereocenters. The summed E-state index contributed by atoms with van der Waals surface area (Å²) < 4.78 is 0. The van der Waals surface area contributed by atoms with Crippen LogP contribution in [-0.2, 0) is 6.42 Å². The molecule has 0 radical (unpaired) electrons. The minimum Gasteiger partial charge on any atom is -0.393 e. The molecule has 2 rings (SSSR count). The fourth-order valence-electron chi connectivity index (χ4n) is 2.56. The van der Waals surface area contributed by atoms with Crippen molar-refractivity contribution in [3.8, 4) is 0 Å². The number of nitro groups is 1. The fourth-order valence-corrected chi connectivity index (χ4v) is 2.56. The molecule has 5 nitrogen and oxygen atoms in total. The van der Waals surface area contributed by atoms with Crippen molar-refractivity contribution in [2.24, 2.45) is 5.92 Å². The third-order valence-corrected chi connectivity index (χ3v) is 3.67. The molecule has 1 aromatic heterocycles. The van der Waals surface area contributed by atoms with Crippen LogP contribution in [0.1, 0.15) is 37.8 Å². The van der Waals surface area contributed by atoms with Crippen molar-refractivity contribution in [1.29, 1.82) is 0 Å². The molecule has 0 unspecified atom stereocenters. The Morgan fingerprint density at radius 2 is 2.11 bits per heavy atom. The van der Waals surface area contributed by atoms with E-state index in [9.17, 15) is 15.2 Å². The zero-order chi connectivity index (χ0) is 13.0. The van der Waals surface area contributed by atoms with Gasteiger partial charge in [-0.05, 0) is 50.5 Å². The van der Waals surface area contributed by atoms with E-state index in [-0.39, 0.29) is 16.7 Å². The Balaban J connectivity index is 1.92. The van der Waals surface area contributed by atoms with Gasteiger partial charge >= 0.3 is 0 Å². The molecule has 1 heterocycles. The Morgan fingerprint density at radius 1 is 1.39 bits per heavy atom. The maximum Gasteiger partial charge on any atom is 0.290 e. The van der Waals surface area contributed by atoms with Crippen molar-refractivity contribution in [2.45, 2.75) is 44.6 Å². The second-order valence-corrected chi connectivity index (χ2v) is 4.94. The van der Waals surface area contributed by atoms with E-state index in [0.29, 0.717) is 18.0 Å². The number of aliphatic hydroxyl groups excluding tert-OH is 1. The molecule has 0 saturated heterocycles. The van der Waals surface area contributed by atoms with Crippen molar-refractivity contribution in [3.63, 3.8) is 0 Å². The molecule has 1 aromatic rings. The minimum atomic E-state index is -0.368. The van der Waals surface area contributed by atoms with Gasteiger partial charge in [0.05, 0.1) is 11.0 Å². The summed E-state index contributed by atoms with van der Waals surface area (Å²) in [6, 6.07) is 3.10. The number of hydrogen-bond donors (Lipinski definition) is 1. The topological polar surface area (TPSA) is 76.3 Å². The van der Waals surface area contributed by atoms with Crippen LogP contribution in [0, 0.1) is 16.0 Å². The zero-order valence-electron chi connectivity index (χ0n) is 10.3. The second kappa shape index (κ2) is 5.91. The number of aliphatic hydroxyl groups is 1. The van der Waals surface area contributed by atoms with Gasteiger partial charge in [0.1, 0.15) is 5.69 Å². The SMILES string of the molecule is O=[N+]([O-])c1cccnc1CCC1CCC(O)CC1. The predicted octanol–water partition coefficient (Wildman–Crippen LogP) is 2.47. The van der Waals surface area contributed by atoms with Gasteiger partial charge in [-0.3, -0.25) is 15.1 Å². The van der Waals surface area contributed by atoms with E-state index in [2.05, 4.69) is 4.98 Å². The van der Waals surface area contributed by atoms with Gasteiger partial charge in [-0.1, -0.05) is 0 Å². The Hall–Kier alpha value is -1.49. The number of aromatic nitrogens is 1. The maximum absolute atomic E-state index is 10.8. The molecular weight excluding hydrogens is 232 g/mol. The molecule has 1 aliphatic carbocycles. The lowest BCUT2D eigenvalue weighted by molar-refractivity contribution is -0.385. The van der Waals surface area contributed by atoms with Gasteiger partial charge in [0.25, 0.3) is 5.69 Å². The van der Waals surface area contributed by atoms with Crippen LogP contribution in [-0.4, -0.2) is 21.1 Å². The maximum atomic E-state index is 10.8. The molecule has 5 heteroatoms. The lowest BCUT2D eigenvalue weighted by Gasteiger charge is -2.25. The van der Waals surface area contributed by atoms with Crippen LogP contribution in [0.15, 0.2) is 18.3 Å². The number of aryl methyl sites for hydroxylation is 1. The molecular formula is C13H18N2O3. The fraction of sp³-hybridized carbons (Fsp3) is 0.615. The Bertz CT molecular complexity index is 414. The highest BCUT2D eigenvalue weighted by Gasteiger charge is 2.21. The summed E-state index contributed by atoms with van der Waals surface area (Å²) in [5.41, 5.74) is 0.696. The first kappa shape index (κ1) is 13.0. The first-order chi connectivity index (χ1) is 8.66. The molecule has 0 amide bonds. The van der Waals surface area contributed by atoms with Crippen LogP contribution in [0.3, 0.4) is 0 Å². The van der Waals surface area contributed by atoms with Crippen molar-refractivity contribution in [2.75, 3.05) is 0 Å². The van der Waals surface area contributed by atoms with Gasteiger partial charge in [0.15, 0.2) is 0 Å². The first-order valence-electron chi connectivity index (χ1n) is 6.43. The number of hydrogen-bond acceptors (Lipinski definition) is 4. The second-order valence-electron chi connectivity index (χ2n) is 4.94. The average molecular weight is 250 g/mol. The summed E-state index contributed by atoms with van der Waals surface area (Å²) in [5.74, 6) is 0.565. The molecule has 1 saturated carbocycles. The number of nitrogens with zero attached hydrogens (tertiary/aromatic N) is 2. The van der Waals surface area contributed by atoms with E-state index in [1.165, 1.54) is 6.07 Å². The standard InChI is InChI=1S/C13H18N2O3/c16-11-6-3-10(4-7-11)5-8-12-13(15(17)18)2-1-9-14-12/h1-2,9-11,16H,3-8H2. The summed E-state index contributed by atoms with van der Waals surface area (Å²) >= 11 is 0. The van der Waals surface area contributed by atoms with Crippen molar-refractivity contribution >= 4 is 5.69 Å². The average Bonchev–Trinajstić information content (AvgIpc) is 2.38. The van der Waals surface area contributed by atoms with Gasteiger partial charge in [-0.25, -0.2) is 0 Å². The Labute approximate surface area is 106 Å². The molecule has 18 heavy (non-hydrogen) atoms. The molecule has 1 N–H and O–H groups in total. The highest BCUT2D eigenvalue weighted by atomic mass is 16.6. The van der Waals surface area contributed by atoms with E-state index in [1.807, 2.05) is 0 Å².